The van der Waals surface area contributed by atoms with Crippen molar-refractivity contribution < 1.29 is 13.2 Å². The number of aryl methyl sites for hydroxylation is 1. The van der Waals surface area contributed by atoms with Crippen LogP contribution >= 0.6 is 0 Å². The molecule has 1 saturated heterocycles. The second-order valence-electron chi connectivity index (χ2n) is 7.44. The molecule has 0 amide bonds. The Bertz CT molecular complexity index is 886. The van der Waals surface area contributed by atoms with Crippen molar-refractivity contribution in [1.82, 2.24) is 23.8 Å². The van der Waals surface area contributed by atoms with Gasteiger partial charge in [0.05, 0.1) is 18.6 Å². The van der Waals surface area contributed by atoms with E-state index in [1.54, 1.807) is 24.1 Å². The summed E-state index contributed by atoms with van der Waals surface area (Å²) in [6.45, 7) is 1.53. The first kappa shape index (κ1) is 18.4. The van der Waals surface area contributed by atoms with E-state index in [9.17, 15) is 8.42 Å². The average Bonchev–Trinajstić information content (AvgIpc) is 3.07. The van der Waals surface area contributed by atoms with Gasteiger partial charge in [-0.05, 0) is 31.6 Å². The van der Waals surface area contributed by atoms with Crippen LogP contribution in [-0.4, -0.2) is 51.9 Å². The molecule has 8 nitrogen and oxygen atoms in total. The Kier molecular flexibility index (Phi) is 5.14. The van der Waals surface area contributed by atoms with Gasteiger partial charge in [0.15, 0.2) is 5.03 Å². The van der Waals surface area contributed by atoms with E-state index in [0.29, 0.717) is 37.4 Å². The third kappa shape index (κ3) is 3.98. The van der Waals surface area contributed by atoms with E-state index in [4.69, 9.17) is 4.74 Å². The van der Waals surface area contributed by atoms with E-state index in [1.165, 1.54) is 29.9 Å². The molecule has 0 bridgehead atoms. The summed E-state index contributed by atoms with van der Waals surface area (Å²) in [6.07, 6.45) is 9.82. The van der Waals surface area contributed by atoms with Gasteiger partial charge in [-0.3, -0.25) is 0 Å². The van der Waals surface area contributed by atoms with Crippen LogP contribution < -0.4 is 4.74 Å². The van der Waals surface area contributed by atoms with Crippen LogP contribution in [-0.2, 0) is 17.1 Å². The number of hydrogen-bond acceptors (Lipinski definition) is 6. The van der Waals surface area contributed by atoms with E-state index >= 15 is 0 Å². The topological polar surface area (TPSA) is 90.2 Å². The molecule has 27 heavy (non-hydrogen) atoms. The lowest BCUT2D eigenvalue weighted by Gasteiger charge is -2.30. The quantitative estimate of drug-likeness (QED) is 0.748. The first-order valence-corrected chi connectivity index (χ1v) is 10.9. The van der Waals surface area contributed by atoms with Gasteiger partial charge in [-0.1, -0.05) is 6.42 Å². The van der Waals surface area contributed by atoms with E-state index in [-0.39, 0.29) is 5.03 Å². The smallest absolute Gasteiger partial charge is 0.262 e. The highest BCUT2D eigenvalue weighted by molar-refractivity contribution is 7.89. The third-order valence-corrected chi connectivity index (χ3v) is 7.30. The van der Waals surface area contributed by atoms with Gasteiger partial charge in [-0.25, -0.2) is 23.4 Å². The summed E-state index contributed by atoms with van der Waals surface area (Å²) in [5, 5.41) is 0.115. The number of rotatable bonds is 6. The van der Waals surface area contributed by atoms with Crippen molar-refractivity contribution in [2.24, 2.45) is 13.0 Å². The van der Waals surface area contributed by atoms with Crippen LogP contribution in [0.3, 0.4) is 0 Å². The number of ether oxygens (including phenoxy) is 1. The van der Waals surface area contributed by atoms with Gasteiger partial charge < -0.3 is 9.30 Å². The molecule has 4 rings (SSSR count). The van der Waals surface area contributed by atoms with Crippen molar-refractivity contribution in [2.45, 2.75) is 43.0 Å². The molecule has 1 aliphatic heterocycles. The zero-order valence-corrected chi connectivity index (χ0v) is 16.3. The fourth-order valence-corrected chi connectivity index (χ4v) is 4.97. The molecule has 9 heteroatoms. The zero-order chi connectivity index (χ0) is 18.9. The summed E-state index contributed by atoms with van der Waals surface area (Å²) in [4.78, 5) is 12.5. The summed E-state index contributed by atoms with van der Waals surface area (Å²) < 4.78 is 34.3. The Balaban J connectivity index is 1.30. The highest BCUT2D eigenvalue weighted by Gasteiger charge is 2.31. The predicted molar refractivity (Wildman–Crippen MR) is 98.8 cm³/mol. The summed E-state index contributed by atoms with van der Waals surface area (Å²) >= 11 is 0. The molecule has 0 N–H and O–H groups in total. The fraction of sp³-hybridized carbons (Fsp3) is 0.611. The van der Waals surface area contributed by atoms with E-state index in [2.05, 4.69) is 15.0 Å². The van der Waals surface area contributed by atoms with Gasteiger partial charge in [0.25, 0.3) is 10.0 Å². The lowest BCUT2D eigenvalue weighted by Crippen LogP contribution is -2.39. The monoisotopic (exact) mass is 391 g/mol. The lowest BCUT2D eigenvalue weighted by molar-refractivity contribution is 0.180. The lowest BCUT2D eigenvalue weighted by atomic mass is 9.83. The van der Waals surface area contributed by atoms with Gasteiger partial charge in [0.1, 0.15) is 6.33 Å². The maximum absolute atomic E-state index is 12.6. The Labute approximate surface area is 159 Å². The first-order valence-electron chi connectivity index (χ1n) is 9.45. The van der Waals surface area contributed by atoms with E-state index < -0.39 is 10.0 Å². The van der Waals surface area contributed by atoms with Crippen molar-refractivity contribution in [3.8, 4) is 5.88 Å². The Morgan fingerprint density at radius 1 is 1.15 bits per heavy atom. The molecule has 0 spiro atoms. The molecule has 2 aliphatic rings. The molecular weight excluding hydrogens is 366 g/mol. The fourth-order valence-electron chi connectivity index (χ4n) is 3.53. The van der Waals surface area contributed by atoms with Crippen LogP contribution in [0.1, 0.15) is 43.7 Å². The zero-order valence-electron chi connectivity index (χ0n) is 15.5. The molecule has 0 unspecified atom stereocenters. The largest absolute Gasteiger partial charge is 0.477 e. The molecule has 1 aliphatic carbocycles. The standard InChI is InChI=1S/C18H25N5O3S/c1-22-10-18(21-13-22)27(24,25)23-7-5-14(6-8-23)11-26-17-9-16(19-12-20-17)15-3-2-4-15/h9-10,12-15H,2-8,11H2,1H3. The van der Waals surface area contributed by atoms with Crippen molar-refractivity contribution in [2.75, 3.05) is 19.7 Å². The van der Waals surface area contributed by atoms with Crippen molar-refractivity contribution in [3.05, 3.63) is 30.6 Å². The van der Waals surface area contributed by atoms with Crippen molar-refractivity contribution in [3.63, 3.8) is 0 Å². The molecule has 2 aromatic heterocycles. The number of imidazole rings is 1. The highest BCUT2D eigenvalue weighted by atomic mass is 32.2. The minimum atomic E-state index is -3.50. The molecule has 3 heterocycles. The Hall–Kier alpha value is -2.00. The van der Waals surface area contributed by atoms with Crippen LogP contribution in [0, 0.1) is 5.92 Å². The van der Waals surface area contributed by atoms with Gasteiger partial charge in [0, 0.05) is 38.3 Å². The summed E-state index contributed by atoms with van der Waals surface area (Å²) in [5.74, 6) is 1.49. The molecule has 0 radical (unpaired) electrons. The van der Waals surface area contributed by atoms with Gasteiger partial charge in [0.2, 0.25) is 5.88 Å². The summed E-state index contributed by atoms with van der Waals surface area (Å²) in [5.41, 5.74) is 1.07. The van der Waals surface area contributed by atoms with Crippen molar-refractivity contribution in [1.29, 1.82) is 0 Å². The van der Waals surface area contributed by atoms with E-state index in [1.807, 2.05) is 6.07 Å². The summed E-state index contributed by atoms with van der Waals surface area (Å²) in [7, 11) is -1.74. The first-order chi connectivity index (χ1) is 13.0. The van der Waals surface area contributed by atoms with Gasteiger partial charge >= 0.3 is 0 Å². The number of nitrogens with zero attached hydrogens (tertiary/aromatic N) is 5. The van der Waals surface area contributed by atoms with Gasteiger partial charge in [-0.2, -0.15) is 4.31 Å². The van der Waals surface area contributed by atoms with Gasteiger partial charge in [-0.15, -0.1) is 0 Å². The van der Waals surface area contributed by atoms with Crippen LogP contribution in [0.15, 0.2) is 29.9 Å². The van der Waals surface area contributed by atoms with Crippen LogP contribution in [0.2, 0.25) is 0 Å². The number of piperidine rings is 1. The minimum Gasteiger partial charge on any atom is -0.477 e. The molecule has 0 aromatic carbocycles. The Morgan fingerprint density at radius 2 is 1.93 bits per heavy atom. The molecule has 146 valence electrons. The number of hydrogen-bond donors (Lipinski definition) is 0. The normalized spacial score (nSPS) is 19.7. The molecule has 0 atom stereocenters. The predicted octanol–water partition coefficient (Wildman–Crippen LogP) is 1.96. The maximum atomic E-state index is 12.6. The minimum absolute atomic E-state index is 0.115. The molecule has 1 saturated carbocycles. The number of aromatic nitrogens is 4. The summed E-state index contributed by atoms with van der Waals surface area (Å²) in [6, 6.07) is 1.95. The van der Waals surface area contributed by atoms with Crippen LogP contribution in [0.4, 0.5) is 0 Å². The highest BCUT2D eigenvalue weighted by Crippen LogP contribution is 2.35. The van der Waals surface area contributed by atoms with Crippen LogP contribution in [0.25, 0.3) is 0 Å². The average molecular weight is 391 g/mol. The third-order valence-electron chi connectivity index (χ3n) is 5.51. The maximum Gasteiger partial charge on any atom is 0.262 e. The SMILES string of the molecule is Cn1cnc(S(=O)(=O)N2CCC(COc3cc(C4CCC4)ncn3)CC2)c1. The number of sulfonamides is 1. The Morgan fingerprint density at radius 3 is 2.56 bits per heavy atom. The van der Waals surface area contributed by atoms with Crippen molar-refractivity contribution >= 4 is 10.0 Å². The molecular formula is C18H25N5O3S. The molecule has 2 aromatic rings. The van der Waals surface area contributed by atoms with E-state index in [0.717, 1.165) is 18.5 Å². The molecule has 2 fully saturated rings. The van der Waals surface area contributed by atoms with Crippen LogP contribution in [0.5, 0.6) is 5.88 Å². The second-order valence-corrected chi connectivity index (χ2v) is 9.33. The second kappa shape index (κ2) is 7.55.